The molecule has 7 nitrogen and oxygen atoms in total. The number of cyclic esters (lactones) is 1. The fourth-order valence-electron chi connectivity index (χ4n) is 2.34. The molecule has 1 aromatic carbocycles. The fraction of sp³-hybridized carbons (Fsp3) is 0.333. The molecule has 23 heavy (non-hydrogen) atoms. The number of hydrogen-bond donors (Lipinski definition) is 1. The Hall–Kier alpha value is -2.48. The molecule has 0 unspecified atom stereocenters. The van der Waals surface area contributed by atoms with E-state index in [0.29, 0.717) is 5.13 Å². The minimum absolute atomic E-state index is 0.0839. The van der Waals surface area contributed by atoms with E-state index in [4.69, 9.17) is 4.74 Å². The van der Waals surface area contributed by atoms with Crippen molar-refractivity contribution >= 4 is 28.5 Å². The number of hydrogen-bond acceptors (Lipinski definition) is 6. The molecule has 3 rings (SSSR count). The molecule has 0 aliphatic carbocycles. The van der Waals surface area contributed by atoms with Crippen LogP contribution >= 0.6 is 11.3 Å². The zero-order chi connectivity index (χ0) is 16.2. The first-order chi connectivity index (χ1) is 11.2. The van der Waals surface area contributed by atoms with E-state index in [1.165, 1.54) is 16.2 Å². The normalized spacial score (nSPS) is 17.2. The zero-order valence-corrected chi connectivity index (χ0v) is 13.4. The van der Waals surface area contributed by atoms with Crippen molar-refractivity contribution in [2.75, 3.05) is 18.5 Å². The van der Waals surface area contributed by atoms with E-state index in [1.807, 2.05) is 37.3 Å². The third-order valence-electron chi connectivity index (χ3n) is 3.49. The van der Waals surface area contributed by atoms with E-state index in [9.17, 15) is 9.59 Å². The lowest BCUT2D eigenvalue weighted by Gasteiger charge is -2.20. The highest BCUT2D eigenvalue weighted by molar-refractivity contribution is 7.15. The number of anilines is 1. The molecule has 0 spiro atoms. The van der Waals surface area contributed by atoms with Crippen LogP contribution in [0.2, 0.25) is 0 Å². The van der Waals surface area contributed by atoms with Crippen molar-refractivity contribution in [2.45, 2.75) is 19.4 Å². The molecule has 120 valence electrons. The van der Waals surface area contributed by atoms with Gasteiger partial charge in [-0.3, -0.25) is 15.0 Å². The third-order valence-corrected chi connectivity index (χ3v) is 4.47. The summed E-state index contributed by atoms with van der Waals surface area (Å²) in [5, 5.41) is 11.8. The number of nitrogens with one attached hydrogen (secondary N) is 1. The van der Waals surface area contributed by atoms with Gasteiger partial charge >= 0.3 is 6.09 Å². The molecule has 8 heteroatoms. The molecule has 0 radical (unpaired) electrons. The predicted octanol–water partition coefficient (Wildman–Crippen LogP) is 2.23. The fourth-order valence-corrected chi connectivity index (χ4v) is 3.03. The second kappa shape index (κ2) is 6.74. The molecular weight excluding hydrogens is 316 g/mol. The van der Waals surface area contributed by atoms with Crippen molar-refractivity contribution in [2.24, 2.45) is 0 Å². The molecule has 2 heterocycles. The van der Waals surface area contributed by atoms with Crippen LogP contribution in [-0.4, -0.2) is 40.2 Å². The van der Waals surface area contributed by atoms with Crippen LogP contribution in [0.1, 0.15) is 23.5 Å². The molecule has 0 bridgehead atoms. The summed E-state index contributed by atoms with van der Waals surface area (Å²) in [6, 6.07) is 9.26. The van der Waals surface area contributed by atoms with Gasteiger partial charge in [-0.25, -0.2) is 4.79 Å². The first-order valence-electron chi connectivity index (χ1n) is 7.28. The molecule has 2 aromatic rings. The number of rotatable bonds is 5. The Bertz CT molecular complexity index is 704. The molecule has 2 amide bonds. The minimum atomic E-state index is -0.486. The molecule has 1 aliphatic heterocycles. The summed E-state index contributed by atoms with van der Waals surface area (Å²) in [4.78, 5) is 25.5. The standard InChI is InChI=1S/C15H16N4O3S/c1-2-13-17-18-14(23-13)16-12(20)8-19-11(9-22-15(19)21)10-6-4-3-5-7-10/h3-7,11H,2,8-9H2,1H3,(H,16,18,20)/t11-/m1/s1. The lowest BCUT2D eigenvalue weighted by Crippen LogP contribution is -2.35. The molecule has 1 atom stereocenters. The average molecular weight is 332 g/mol. The van der Waals surface area contributed by atoms with Crippen LogP contribution < -0.4 is 5.32 Å². The monoisotopic (exact) mass is 332 g/mol. The summed E-state index contributed by atoms with van der Waals surface area (Å²) in [5.41, 5.74) is 0.940. The number of ether oxygens (including phenoxy) is 1. The maximum Gasteiger partial charge on any atom is 0.410 e. The van der Waals surface area contributed by atoms with Gasteiger partial charge in [-0.15, -0.1) is 10.2 Å². The average Bonchev–Trinajstić information content (AvgIpc) is 3.16. The summed E-state index contributed by atoms with van der Waals surface area (Å²) in [6.07, 6.45) is 0.280. The Morgan fingerprint density at radius 3 is 2.87 bits per heavy atom. The van der Waals surface area contributed by atoms with E-state index in [1.54, 1.807) is 0 Å². The zero-order valence-electron chi connectivity index (χ0n) is 12.6. The smallest absolute Gasteiger partial charge is 0.410 e. The lowest BCUT2D eigenvalue weighted by atomic mass is 10.1. The van der Waals surface area contributed by atoms with E-state index >= 15 is 0 Å². The Labute approximate surface area is 137 Å². The van der Waals surface area contributed by atoms with Crippen LogP contribution in [0.25, 0.3) is 0 Å². The topological polar surface area (TPSA) is 84.4 Å². The molecule has 1 aromatic heterocycles. The van der Waals surface area contributed by atoms with Gasteiger partial charge in [-0.2, -0.15) is 0 Å². The van der Waals surface area contributed by atoms with E-state index in [0.717, 1.165) is 17.0 Å². The Morgan fingerprint density at radius 1 is 1.39 bits per heavy atom. The Morgan fingerprint density at radius 2 is 2.17 bits per heavy atom. The van der Waals surface area contributed by atoms with Crippen LogP contribution in [0.15, 0.2) is 30.3 Å². The summed E-state index contributed by atoms with van der Waals surface area (Å²) >= 11 is 1.33. The summed E-state index contributed by atoms with van der Waals surface area (Å²) in [7, 11) is 0. The number of nitrogens with zero attached hydrogens (tertiary/aromatic N) is 3. The van der Waals surface area contributed by atoms with E-state index < -0.39 is 6.09 Å². The van der Waals surface area contributed by atoms with Crippen molar-refractivity contribution < 1.29 is 14.3 Å². The SMILES string of the molecule is CCc1nnc(NC(=O)CN2C(=O)OC[C@@H]2c2ccccc2)s1. The number of benzene rings is 1. The number of aryl methyl sites for hydroxylation is 1. The summed E-state index contributed by atoms with van der Waals surface area (Å²) < 4.78 is 5.09. The summed E-state index contributed by atoms with van der Waals surface area (Å²) in [6.45, 7) is 2.13. The van der Waals surface area contributed by atoms with Gasteiger partial charge in [0, 0.05) is 0 Å². The van der Waals surface area contributed by atoms with Crippen molar-refractivity contribution in [1.29, 1.82) is 0 Å². The first kappa shape index (κ1) is 15.4. The minimum Gasteiger partial charge on any atom is -0.447 e. The number of carbonyl (C=O) groups excluding carboxylic acids is 2. The number of amides is 2. The molecule has 0 saturated carbocycles. The van der Waals surface area contributed by atoms with Gasteiger partial charge < -0.3 is 4.74 Å². The van der Waals surface area contributed by atoms with Crippen LogP contribution in [0.3, 0.4) is 0 Å². The first-order valence-corrected chi connectivity index (χ1v) is 8.09. The summed E-state index contributed by atoms with van der Waals surface area (Å²) in [5.74, 6) is -0.316. The molecule has 1 saturated heterocycles. The Kier molecular flexibility index (Phi) is 4.52. The molecular formula is C15H16N4O3S. The third kappa shape index (κ3) is 3.48. The van der Waals surface area contributed by atoms with Crippen LogP contribution in [0.4, 0.5) is 9.93 Å². The van der Waals surface area contributed by atoms with Gasteiger partial charge in [0.1, 0.15) is 18.2 Å². The van der Waals surface area contributed by atoms with Crippen LogP contribution in [-0.2, 0) is 16.0 Å². The van der Waals surface area contributed by atoms with Crippen LogP contribution in [0.5, 0.6) is 0 Å². The van der Waals surface area contributed by atoms with Crippen molar-refractivity contribution in [1.82, 2.24) is 15.1 Å². The van der Waals surface area contributed by atoms with Gasteiger partial charge in [-0.1, -0.05) is 48.6 Å². The highest BCUT2D eigenvalue weighted by Crippen LogP contribution is 2.27. The lowest BCUT2D eigenvalue weighted by molar-refractivity contribution is -0.117. The number of carbonyl (C=O) groups is 2. The van der Waals surface area contributed by atoms with Crippen molar-refractivity contribution in [3.8, 4) is 0 Å². The van der Waals surface area contributed by atoms with Gasteiger partial charge in [0.2, 0.25) is 11.0 Å². The predicted molar refractivity (Wildman–Crippen MR) is 85.2 cm³/mol. The maximum absolute atomic E-state index is 12.2. The quantitative estimate of drug-likeness (QED) is 0.907. The molecule has 1 N–H and O–H groups in total. The van der Waals surface area contributed by atoms with E-state index in [-0.39, 0.29) is 25.1 Å². The second-order valence-corrected chi connectivity index (χ2v) is 6.10. The maximum atomic E-state index is 12.2. The molecule has 1 aliphatic rings. The van der Waals surface area contributed by atoms with Gasteiger partial charge in [0.15, 0.2) is 0 Å². The highest BCUT2D eigenvalue weighted by Gasteiger charge is 2.35. The van der Waals surface area contributed by atoms with Crippen molar-refractivity contribution in [3.05, 3.63) is 40.9 Å². The molecule has 1 fully saturated rings. The largest absolute Gasteiger partial charge is 0.447 e. The van der Waals surface area contributed by atoms with Gasteiger partial charge in [0.05, 0.1) is 6.04 Å². The number of aromatic nitrogens is 2. The highest BCUT2D eigenvalue weighted by atomic mass is 32.1. The Balaban J connectivity index is 1.67. The van der Waals surface area contributed by atoms with E-state index in [2.05, 4.69) is 15.5 Å². The van der Waals surface area contributed by atoms with Crippen LogP contribution in [0, 0.1) is 0 Å². The van der Waals surface area contributed by atoms with Crippen molar-refractivity contribution in [3.63, 3.8) is 0 Å². The second-order valence-electron chi connectivity index (χ2n) is 5.03. The van der Waals surface area contributed by atoms with Gasteiger partial charge in [0.25, 0.3) is 0 Å². The van der Waals surface area contributed by atoms with Gasteiger partial charge in [-0.05, 0) is 12.0 Å².